The summed E-state index contributed by atoms with van der Waals surface area (Å²) in [6.45, 7) is 4.06. The lowest BCUT2D eigenvalue weighted by Gasteiger charge is -2.12. The maximum atomic E-state index is 11.6. The topological polar surface area (TPSA) is 68.1 Å². The molecular weight excluding hydrogens is 344 g/mol. The van der Waals surface area contributed by atoms with Crippen molar-refractivity contribution in [2.45, 2.75) is 32.4 Å². The minimum absolute atomic E-state index is 0.165. The molecule has 2 aliphatic heterocycles. The van der Waals surface area contributed by atoms with Gasteiger partial charge in [0.15, 0.2) is 9.84 Å². The number of hydrogen-bond acceptors (Lipinski definition) is 6. The van der Waals surface area contributed by atoms with Crippen LogP contribution in [0.1, 0.15) is 24.8 Å². The zero-order valence-corrected chi connectivity index (χ0v) is 15.2. The lowest BCUT2D eigenvalue weighted by atomic mass is 10.1. The summed E-state index contributed by atoms with van der Waals surface area (Å²) in [6, 6.07) is 2.21. The quantitative estimate of drug-likeness (QED) is 0.810. The second kappa shape index (κ2) is 6.57. The van der Waals surface area contributed by atoms with E-state index >= 15 is 0 Å². The Morgan fingerprint density at radius 3 is 2.88 bits per heavy atom. The molecule has 2 fully saturated rings. The van der Waals surface area contributed by atoms with Gasteiger partial charge in [-0.3, -0.25) is 9.58 Å². The third-order valence-corrected chi connectivity index (χ3v) is 7.66. The molecule has 0 spiro atoms. The fraction of sp³-hybridized carbons (Fsp3) is 0.625. The van der Waals surface area contributed by atoms with Crippen molar-refractivity contribution in [3.05, 3.63) is 23.2 Å². The van der Waals surface area contributed by atoms with Crippen molar-refractivity contribution >= 4 is 21.2 Å². The van der Waals surface area contributed by atoms with Gasteiger partial charge in [-0.05, 0) is 55.3 Å². The summed E-state index contributed by atoms with van der Waals surface area (Å²) in [5.74, 6) is 0.754. The van der Waals surface area contributed by atoms with Crippen molar-refractivity contribution < 1.29 is 8.42 Å². The van der Waals surface area contributed by atoms with E-state index in [2.05, 4.69) is 26.7 Å². The molecule has 0 unspecified atom stereocenters. The SMILES string of the molecule is O=S1(=O)CC[C@@H](Cn2cc(-c3cc(CN4CCCC4)cs3)nn2)C1. The maximum absolute atomic E-state index is 11.6. The largest absolute Gasteiger partial charge is 0.299 e. The van der Waals surface area contributed by atoms with Crippen LogP contribution in [0.15, 0.2) is 17.6 Å². The Balaban J connectivity index is 1.40. The Bertz CT molecular complexity index is 806. The van der Waals surface area contributed by atoms with Gasteiger partial charge in [-0.15, -0.1) is 16.4 Å². The van der Waals surface area contributed by atoms with Crippen LogP contribution in [0.25, 0.3) is 10.6 Å². The maximum Gasteiger partial charge on any atom is 0.150 e. The standard InChI is InChI=1S/C16H22N4O2S2/c21-24(22)6-3-13(12-24)9-20-10-15(17-18-20)16-7-14(11-23-16)8-19-4-1-2-5-19/h7,10-11,13H,1-6,8-9,12H2/t13-/m0/s1. The van der Waals surface area contributed by atoms with E-state index in [4.69, 9.17) is 0 Å². The molecule has 2 aromatic heterocycles. The Kier molecular flexibility index (Phi) is 4.44. The average Bonchev–Trinajstić information content (AvgIpc) is 3.28. The molecule has 2 aliphatic rings. The smallest absolute Gasteiger partial charge is 0.150 e. The minimum Gasteiger partial charge on any atom is -0.299 e. The van der Waals surface area contributed by atoms with Crippen LogP contribution >= 0.6 is 11.3 Å². The van der Waals surface area contributed by atoms with Crippen molar-refractivity contribution in [1.29, 1.82) is 0 Å². The first-order valence-corrected chi connectivity index (χ1v) is 11.2. The van der Waals surface area contributed by atoms with Crippen LogP contribution in [0.3, 0.4) is 0 Å². The second-order valence-electron chi connectivity index (χ2n) is 6.90. The van der Waals surface area contributed by atoms with E-state index in [0.29, 0.717) is 12.3 Å². The van der Waals surface area contributed by atoms with Crippen LogP contribution in [0.5, 0.6) is 0 Å². The zero-order chi connectivity index (χ0) is 16.6. The third kappa shape index (κ3) is 3.70. The summed E-state index contributed by atoms with van der Waals surface area (Å²) in [5, 5.41) is 10.7. The zero-order valence-electron chi connectivity index (χ0n) is 13.6. The van der Waals surface area contributed by atoms with Gasteiger partial charge in [0, 0.05) is 13.1 Å². The molecule has 2 saturated heterocycles. The molecule has 0 radical (unpaired) electrons. The summed E-state index contributed by atoms with van der Waals surface area (Å²) in [5.41, 5.74) is 2.22. The van der Waals surface area contributed by atoms with Gasteiger partial charge in [0.2, 0.25) is 0 Å². The molecule has 1 atom stereocenters. The van der Waals surface area contributed by atoms with Crippen molar-refractivity contribution in [2.24, 2.45) is 5.92 Å². The van der Waals surface area contributed by atoms with Gasteiger partial charge in [-0.1, -0.05) is 5.21 Å². The van der Waals surface area contributed by atoms with Crippen LogP contribution in [0.4, 0.5) is 0 Å². The number of sulfone groups is 1. The molecule has 0 bridgehead atoms. The van der Waals surface area contributed by atoms with Crippen LogP contribution < -0.4 is 0 Å². The van der Waals surface area contributed by atoms with Crippen LogP contribution in [0, 0.1) is 5.92 Å². The first-order valence-electron chi connectivity index (χ1n) is 8.48. The van der Waals surface area contributed by atoms with E-state index in [1.165, 1.54) is 31.5 Å². The molecule has 24 heavy (non-hydrogen) atoms. The van der Waals surface area contributed by atoms with Crippen molar-refractivity contribution in [3.8, 4) is 10.6 Å². The third-order valence-electron chi connectivity index (χ3n) is 4.82. The monoisotopic (exact) mass is 366 g/mol. The Labute approximate surface area is 146 Å². The fourth-order valence-electron chi connectivity index (χ4n) is 3.57. The molecule has 0 N–H and O–H groups in total. The number of hydrogen-bond donors (Lipinski definition) is 0. The molecule has 6 nitrogen and oxygen atoms in total. The van der Waals surface area contributed by atoms with Gasteiger partial charge in [-0.2, -0.15) is 0 Å². The lowest BCUT2D eigenvalue weighted by molar-refractivity contribution is 0.332. The molecule has 0 amide bonds. The van der Waals surface area contributed by atoms with Crippen LogP contribution in [0.2, 0.25) is 0 Å². The predicted molar refractivity (Wildman–Crippen MR) is 94.6 cm³/mol. The minimum atomic E-state index is -2.83. The summed E-state index contributed by atoms with van der Waals surface area (Å²) in [6.07, 6.45) is 5.29. The number of rotatable bonds is 5. The fourth-order valence-corrected chi connectivity index (χ4v) is 6.28. The number of nitrogens with zero attached hydrogens (tertiary/aromatic N) is 4. The van der Waals surface area contributed by atoms with E-state index in [1.54, 1.807) is 16.0 Å². The van der Waals surface area contributed by atoms with Crippen molar-refractivity contribution in [2.75, 3.05) is 24.6 Å². The van der Waals surface area contributed by atoms with E-state index in [1.807, 2.05) is 6.20 Å². The van der Waals surface area contributed by atoms with Crippen LogP contribution in [-0.4, -0.2) is 52.9 Å². The second-order valence-corrected chi connectivity index (χ2v) is 10.0. The average molecular weight is 367 g/mol. The van der Waals surface area contributed by atoms with E-state index in [-0.39, 0.29) is 11.7 Å². The van der Waals surface area contributed by atoms with E-state index < -0.39 is 9.84 Å². The molecule has 0 aromatic carbocycles. The van der Waals surface area contributed by atoms with Gasteiger partial charge < -0.3 is 0 Å². The molecule has 0 aliphatic carbocycles. The molecule has 0 saturated carbocycles. The predicted octanol–water partition coefficient (Wildman–Crippen LogP) is 2.04. The Morgan fingerprint density at radius 2 is 2.12 bits per heavy atom. The van der Waals surface area contributed by atoms with Crippen molar-refractivity contribution in [3.63, 3.8) is 0 Å². The lowest BCUT2D eigenvalue weighted by Crippen LogP contribution is -2.17. The molecule has 2 aromatic rings. The number of likely N-dealkylation sites (tertiary alicyclic amines) is 1. The highest BCUT2D eigenvalue weighted by molar-refractivity contribution is 7.91. The van der Waals surface area contributed by atoms with Gasteiger partial charge in [0.1, 0.15) is 5.69 Å². The number of aromatic nitrogens is 3. The molecule has 4 rings (SSSR count). The van der Waals surface area contributed by atoms with Gasteiger partial charge >= 0.3 is 0 Å². The highest BCUT2D eigenvalue weighted by Gasteiger charge is 2.28. The van der Waals surface area contributed by atoms with E-state index in [0.717, 1.165) is 23.5 Å². The molecule has 8 heteroatoms. The van der Waals surface area contributed by atoms with Gasteiger partial charge in [0.05, 0.1) is 22.6 Å². The van der Waals surface area contributed by atoms with Crippen LogP contribution in [-0.2, 0) is 22.9 Å². The summed E-state index contributed by atoms with van der Waals surface area (Å²) >= 11 is 1.70. The summed E-state index contributed by atoms with van der Waals surface area (Å²) in [4.78, 5) is 3.62. The molecule has 4 heterocycles. The molecule has 130 valence electrons. The summed E-state index contributed by atoms with van der Waals surface area (Å²) in [7, 11) is -2.83. The first kappa shape index (κ1) is 16.2. The first-order chi connectivity index (χ1) is 11.6. The Hall–Kier alpha value is -1.25. The highest BCUT2D eigenvalue weighted by atomic mass is 32.2. The van der Waals surface area contributed by atoms with Crippen molar-refractivity contribution in [1.82, 2.24) is 19.9 Å². The van der Waals surface area contributed by atoms with Gasteiger partial charge in [-0.25, -0.2) is 8.42 Å². The number of thiophene rings is 1. The van der Waals surface area contributed by atoms with Gasteiger partial charge in [0.25, 0.3) is 0 Å². The van der Waals surface area contributed by atoms with E-state index in [9.17, 15) is 8.42 Å². The Morgan fingerprint density at radius 1 is 1.29 bits per heavy atom. The molecular formula is C16H22N4O2S2. The normalized spacial score (nSPS) is 23.9. The summed E-state index contributed by atoms with van der Waals surface area (Å²) < 4.78 is 24.9. The highest BCUT2D eigenvalue weighted by Crippen LogP contribution is 2.27.